The van der Waals surface area contributed by atoms with E-state index in [1.165, 1.54) is 21.0 Å². The number of hydrogen-bond donors (Lipinski definition) is 1. The van der Waals surface area contributed by atoms with E-state index in [9.17, 15) is 18.0 Å². The van der Waals surface area contributed by atoms with E-state index in [-0.39, 0.29) is 35.4 Å². The van der Waals surface area contributed by atoms with Crippen molar-refractivity contribution in [2.45, 2.75) is 31.1 Å². The van der Waals surface area contributed by atoms with Crippen molar-refractivity contribution in [3.05, 3.63) is 58.6 Å². The minimum Gasteiger partial charge on any atom is -0.408 e. The van der Waals surface area contributed by atoms with Gasteiger partial charge in [-0.1, -0.05) is 19.1 Å². The third-order valence-electron chi connectivity index (χ3n) is 5.83. The summed E-state index contributed by atoms with van der Waals surface area (Å²) >= 11 is 0. The molecule has 1 N–H and O–H groups in total. The van der Waals surface area contributed by atoms with Gasteiger partial charge >= 0.3 is 5.76 Å². The number of benzene rings is 2. The van der Waals surface area contributed by atoms with Crippen molar-refractivity contribution >= 4 is 32.7 Å². The number of rotatable bonds is 5. The molecule has 1 fully saturated rings. The summed E-state index contributed by atoms with van der Waals surface area (Å²) in [4.78, 5) is 24.4. The molecule has 1 aliphatic heterocycles. The van der Waals surface area contributed by atoms with Crippen LogP contribution in [0.5, 0.6) is 0 Å². The van der Waals surface area contributed by atoms with Gasteiger partial charge in [0, 0.05) is 37.8 Å². The number of aryl methyl sites for hydroxylation is 2. The zero-order chi connectivity index (χ0) is 22.2. The molecule has 1 amide bonds. The number of aromatic nitrogens is 1. The number of oxazole rings is 1. The summed E-state index contributed by atoms with van der Waals surface area (Å²) in [7, 11) is -2.18. The van der Waals surface area contributed by atoms with Crippen molar-refractivity contribution in [3.8, 4) is 0 Å². The Morgan fingerprint density at radius 3 is 2.61 bits per heavy atom. The maximum atomic E-state index is 13.1. The fourth-order valence-corrected chi connectivity index (χ4v) is 5.38. The summed E-state index contributed by atoms with van der Waals surface area (Å²) in [5, 5.41) is 2.95. The minimum atomic E-state index is -3.74. The first-order valence-corrected chi connectivity index (χ1v) is 11.7. The van der Waals surface area contributed by atoms with Crippen molar-refractivity contribution in [2.24, 2.45) is 13.0 Å². The number of hydrogen-bond acceptors (Lipinski definition) is 5. The number of amides is 1. The summed E-state index contributed by atoms with van der Waals surface area (Å²) < 4.78 is 33.9. The van der Waals surface area contributed by atoms with E-state index in [2.05, 4.69) is 12.2 Å². The highest BCUT2D eigenvalue weighted by Crippen LogP contribution is 2.27. The van der Waals surface area contributed by atoms with Crippen molar-refractivity contribution in [3.63, 3.8) is 0 Å². The average molecular weight is 444 g/mol. The number of carbonyl (C=O) groups is 1. The smallest absolute Gasteiger partial charge is 0.408 e. The van der Waals surface area contributed by atoms with E-state index in [1.807, 2.05) is 24.3 Å². The first kappa shape index (κ1) is 21.3. The lowest BCUT2D eigenvalue weighted by Crippen LogP contribution is -2.41. The fraction of sp³-hybridized carbons (Fsp3) is 0.364. The van der Waals surface area contributed by atoms with Crippen molar-refractivity contribution in [1.82, 2.24) is 8.87 Å². The standard InChI is InChI=1S/C22H25N3O5S/c1-3-15-5-4-6-17(13-15)23-21(26)16-9-11-25(12-10-16)31(28,29)18-7-8-19-20(14-18)30-22(27)24(19)2/h4-8,13-14,16H,3,9-12H2,1-2H3,(H,23,26). The van der Waals surface area contributed by atoms with Crippen molar-refractivity contribution in [2.75, 3.05) is 18.4 Å². The molecule has 2 heterocycles. The Morgan fingerprint density at radius 1 is 1.16 bits per heavy atom. The quantitative estimate of drug-likeness (QED) is 0.653. The van der Waals surface area contributed by atoms with Crippen LogP contribution in [0.25, 0.3) is 11.1 Å². The second-order valence-electron chi connectivity index (χ2n) is 7.78. The monoisotopic (exact) mass is 443 g/mol. The van der Waals surface area contributed by atoms with Gasteiger partial charge in [0.05, 0.1) is 10.4 Å². The van der Waals surface area contributed by atoms with E-state index < -0.39 is 15.8 Å². The Kier molecular flexibility index (Phi) is 5.72. The van der Waals surface area contributed by atoms with Crippen LogP contribution in [-0.2, 0) is 28.3 Å². The van der Waals surface area contributed by atoms with Crippen LogP contribution in [0.15, 0.2) is 56.6 Å². The minimum absolute atomic E-state index is 0.0774. The number of nitrogens with one attached hydrogen (secondary N) is 1. The Hall–Kier alpha value is -2.91. The summed E-state index contributed by atoms with van der Waals surface area (Å²) in [5.41, 5.74) is 2.67. The first-order chi connectivity index (χ1) is 14.8. The van der Waals surface area contributed by atoms with Crippen LogP contribution < -0.4 is 11.1 Å². The van der Waals surface area contributed by atoms with Gasteiger partial charge in [-0.3, -0.25) is 9.36 Å². The van der Waals surface area contributed by atoms with Gasteiger partial charge in [-0.2, -0.15) is 4.31 Å². The highest BCUT2D eigenvalue weighted by molar-refractivity contribution is 7.89. The van der Waals surface area contributed by atoms with Crippen LogP contribution in [0.1, 0.15) is 25.3 Å². The lowest BCUT2D eigenvalue weighted by atomic mass is 9.97. The van der Waals surface area contributed by atoms with Crippen LogP contribution >= 0.6 is 0 Å². The molecule has 0 bridgehead atoms. The van der Waals surface area contributed by atoms with Crippen LogP contribution in [0, 0.1) is 5.92 Å². The Bertz CT molecular complexity index is 1280. The largest absolute Gasteiger partial charge is 0.419 e. The van der Waals surface area contributed by atoms with Crippen molar-refractivity contribution < 1.29 is 17.6 Å². The van der Waals surface area contributed by atoms with Crippen LogP contribution in [0.4, 0.5) is 5.69 Å². The molecule has 1 saturated heterocycles. The maximum Gasteiger partial charge on any atom is 0.419 e. The molecule has 0 spiro atoms. The number of sulfonamides is 1. The highest BCUT2D eigenvalue weighted by atomic mass is 32.2. The van der Waals surface area contributed by atoms with Gasteiger partial charge in [0.2, 0.25) is 15.9 Å². The SMILES string of the molecule is CCc1cccc(NC(=O)C2CCN(S(=O)(=O)c3ccc4c(c3)oc(=O)n4C)CC2)c1. The summed E-state index contributed by atoms with van der Waals surface area (Å²) in [6.07, 6.45) is 1.78. The van der Waals surface area contributed by atoms with Gasteiger partial charge in [-0.05, 0) is 49.1 Å². The zero-order valence-electron chi connectivity index (χ0n) is 17.5. The van der Waals surface area contributed by atoms with E-state index in [0.29, 0.717) is 18.4 Å². The molecule has 164 valence electrons. The van der Waals surface area contributed by atoms with Gasteiger partial charge in [-0.25, -0.2) is 13.2 Å². The van der Waals surface area contributed by atoms with Crippen LogP contribution in [0.2, 0.25) is 0 Å². The highest BCUT2D eigenvalue weighted by Gasteiger charge is 2.32. The van der Waals surface area contributed by atoms with Gasteiger partial charge < -0.3 is 9.73 Å². The molecule has 1 aliphatic rings. The Labute approximate surface area is 180 Å². The van der Waals surface area contributed by atoms with Gasteiger partial charge in [0.1, 0.15) is 0 Å². The number of anilines is 1. The Morgan fingerprint density at radius 2 is 1.90 bits per heavy atom. The van der Waals surface area contributed by atoms with Crippen LogP contribution in [0.3, 0.4) is 0 Å². The number of fused-ring (bicyclic) bond motifs is 1. The summed E-state index contributed by atoms with van der Waals surface area (Å²) in [5.74, 6) is -0.870. The van der Waals surface area contributed by atoms with Gasteiger partial charge in [-0.15, -0.1) is 0 Å². The topological polar surface area (TPSA) is 102 Å². The molecule has 0 radical (unpaired) electrons. The van der Waals surface area contributed by atoms with Gasteiger partial charge in [0.25, 0.3) is 0 Å². The van der Waals surface area contributed by atoms with E-state index in [4.69, 9.17) is 4.42 Å². The normalized spacial score (nSPS) is 15.9. The summed E-state index contributed by atoms with van der Waals surface area (Å²) in [6.45, 7) is 2.57. The molecular formula is C22H25N3O5S. The van der Waals surface area contributed by atoms with Gasteiger partial charge in [0.15, 0.2) is 5.58 Å². The number of carbonyl (C=O) groups excluding carboxylic acids is 1. The third kappa shape index (κ3) is 4.15. The molecule has 0 unspecified atom stereocenters. The number of piperidine rings is 1. The molecule has 8 nitrogen and oxygen atoms in total. The second-order valence-corrected chi connectivity index (χ2v) is 9.72. The maximum absolute atomic E-state index is 13.1. The number of nitrogens with zero attached hydrogens (tertiary/aromatic N) is 2. The van der Waals surface area contributed by atoms with Crippen LogP contribution in [-0.4, -0.2) is 36.3 Å². The summed E-state index contributed by atoms with van der Waals surface area (Å²) in [6, 6.07) is 12.2. The lowest BCUT2D eigenvalue weighted by molar-refractivity contribution is -0.120. The molecule has 2 aromatic carbocycles. The van der Waals surface area contributed by atoms with E-state index >= 15 is 0 Å². The molecule has 0 saturated carbocycles. The van der Waals surface area contributed by atoms with Crippen molar-refractivity contribution in [1.29, 1.82) is 0 Å². The zero-order valence-corrected chi connectivity index (χ0v) is 18.3. The molecule has 1 aromatic heterocycles. The Balaban J connectivity index is 1.44. The van der Waals surface area contributed by atoms with E-state index in [1.54, 1.807) is 13.1 Å². The molecule has 9 heteroatoms. The fourth-order valence-electron chi connectivity index (χ4n) is 3.90. The molecule has 4 rings (SSSR count). The van der Waals surface area contributed by atoms with E-state index in [0.717, 1.165) is 17.7 Å². The predicted molar refractivity (Wildman–Crippen MR) is 117 cm³/mol. The molecular weight excluding hydrogens is 418 g/mol. The predicted octanol–water partition coefficient (Wildman–Crippen LogP) is 2.73. The molecule has 0 atom stereocenters. The molecule has 0 aliphatic carbocycles. The molecule has 3 aromatic rings. The third-order valence-corrected chi connectivity index (χ3v) is 7.72. The second kappa shape index (κ2) is 8.32. The first-order valence-electron chi connectivity index (χ1n) is 10.3. The molecule has 31 heavy (non-hydrogen) atoms. The lowest BCUT2D eigenvalue weighted by Gasteiger charge is -2.30. The average Bonchev–Trinajstić information content (AvgIpc) is 3.07.